The Morgan fingerprint density at radius 1 is 1.71 bits per heavy atom. The van der Waals surface area contributed by atoms with Gasteiger partial charge >= 0.3 is 0 Å². The minimum Gasteiger partial charge on any atom is -0.333 e. The molecule has 1 aromatic rings. The van der Waals surface area contributed by atoms with Crippen molar-refractivity contribution in [1.29, 1.82) is 5.26 Å². The molecule has 1 heterocycles. The third-order valence-electron chi connectivity index (χ3n) is 1.50. The van der Waals surface area contributed by atoms with Gasteiger partial charge in [-0.2, -0.15) is 5.26 Å². The maximum absolute atomic E-state index is 9.73. The van der Waals surface area contributed by atoms with Crippen molar-refractivity contribution in [3.05, 3.63) is 29.0 Å². The van der Waals surface area contributed by atoms with E-state index >= 15 is 0 Å². The van der Waals surface area contributed by atoms with Crippen LogP contribution in [-0.4, -0.2) is 15.8 Å². The lowest BCUT2D eigenvalue weighted by molar-refractivity contribution is 0.624. The van der Waals surface area contributed by atoms with Gasteiger partial charge in [0.2, 0.25) is 0 Å². The molecule has 0 aliphatic carbocycles. The van der Waals surface area contributed by atoms with Gasteiger partial charge in [-0.3, -0.25) is 4.72 Å². The second kappa shape index (κ2) is 4.51. The first-order valence-corrected chi connectivity index (χ1v) is 6.33. The molecule has 0 amide bonds. The average Bonchev–Trinajstić information content (AvgIpc) is 2.08. The molecule has 0 aliphatic rings. The predicted octanol–water partition coefficient (Wildman–Crippen LogP) is 2.13. The van der Waals surface area contributed by atoms with E-state index in [0.29, 0.717) is 10.9 Å². The van der Waals surface area contributed by atoms with Crippen molar-refractivity contribution in [1.82, 2.24) is 9.71 Å². The van der Waals surface area contributed by atoms with Crippen molar-refractivity contribution in [2.45, 2.75) is 5.75 Å². The zero-order valence-electron chi connectivity index (χ0n) is 7.57. The lowest BCUT2D eigenvalue weighted by Gasteiger charge is -2.26. The van der Waals surface area contributed by atoms with Gasteiger partial charge in [-0.25, -0.2) is 4.98 Å². The van der Waals surface area contributed by atoms with Crippen molar-refractivity contribution in [3.63, 3.8) is 0 Å². The summed E-state index contributed by atoms with van der Waals surface area (Å²) in [6.07, 6.45) is 4.92. The molecule has 76 valence electrons. The zero-order chi connectivity index (χ0) is 10.6. The van der Waals surface area contributed by atoms with Crippen LogP contribution in [0, 0.1) is 11.5 Å². The highest BCUT2D eigenvalue weighted by Crippen LogP contribution is 2.37. The largest absolute Gasteiger partial charge is 0.333 e. The highest BCUT2D eigenvalue weighted by molar-refractivity contribution is 8.26. The normalized spacial score (nSPS) is 16.4. The topological polar surface area (TPSA) is 68.9 Å². The summed E-state index contributed by atoms with van der Waals surface area (Å²) in [7, 11) is -2.09. The molecule has 0 aromatic carbocycles. The first-order valence-electron chi connectivity index (χ1n) is 3.78. The van der Waals surface area contributed by atoms with E-state index in [1.54, 1.807) is 30.8 Å². The fraction of sp³-hybridized carbons (Fsp3) is 0.250. The summed E-state index contributed by atoms with van der Waals surface area (Å²) in [6.45, 7) is 0. The van der Waals surface area contributed by atoms with E-state index in [0.717, 1.165) is 5.56 Å². The number of nitriles is 1. The van der Waals surface area contributed by atoms with E-state index in [1.165, 1.54) is 0 Å². The summed E-state index contributed by atoms with van der Waals surface area (Å²) >= 11 is 5.61. The summed E-state index contributed by atoms with van der Waals surface area (Å²) < 4.78 is 12.1. The molecule has 0 fully saturated rings. The molecule has 0 radical (unpaired) electrons. The van der Waals surface area contributed by atoms with Gasteiger partial charge in [0.25, 0.3) is 0 Å². The van der Waals surface area contributed by atoms with Gasteiger partial charge in [0.15, 0.2) is 6.19 Å². The fourth-order valence-corrected chi connectivity index (χ4v) is 2.15. The number of pyridine rings is 1. The summed E-state index contributed by atoms with van der Waals surface area (Å²) in [6, 6.07) is 3.43. The number of aromatic nitrogens is 1. The Balaban J connectivity index is 2.69. The number of hydrogen-bond acceptors (Lipinski definition) is 4. The number of nitrogens with one attached hydrogen (secondary N) is 1. The van der Waals surface area contributed by atoms with Gasteiger partial charge in [0.05, 0.1) is 0 Å². The first kappa shape index (κ1) is 11.1. The summed E-state index contributed by atoms with van der Waals surface area (Å²) in [5, 5.41) is 8.80. The van der Waals surface area contributed by atoms with Crippen LogP contribution in [0.25, 0.3) is 0 Å². The molecule has 0 spiro atoms. The van der Waals surface area contributed by atoms with E-state index in [1.807, 2.05) is 0 Å². The quantitative estimate of drug-likeness (QED) is 0.475. The van der Waals surface area contributed by atoms with E-state index in [2.05, 4.69) is 9.71 Å². The molecule has 0 saturated carbocycles. The fourth-order valence-electron chi connectivity index (χ4n) is 0.951. The molecule has 4 nitrogen and oxygen atoms in total. The maximum atomic E-state index is 9.73. The van der Waals surface area contributed by atoms with Crippen LogP contribution in [-0.2, 0) is 5.75 Å². The van der Waals surface area contributed by atoms with Crippen LogP contribution >= 0.6 is 22.1 Å². The third kappa shape index (κ3) is 3.42. The molecule has 14 heavy (non-hydrogen) atoms. The molecular weight excluding hydrogens is 222 g/mol. The van der Waals surface area contributed by atoms with Crippen LogP contribution in [0.15, 0.2) is 18.3 Å². The SMILES string of the molecule is CS(O)(Cc1ccc(Cl)nc1)NC#N. The van der Waals surface area contributed by atoms with Crippen LogP contribution < -0.4 is 4.72 Å². The molecule has 1 aromatic heterocycles. The van der Waals surface area contributed by atoms with Gasteiger partial charge in [-0.1, -0.05) is 28.2 Å². The van der Waals surface area contributed by atoms with Gasteiger partial charge < -0.3 is 4.55 Å². The van der Waals surface area contributed by atoms with Crippen LogP contribution in [0.1, 0.15) is 5.56 Å². The number of halogens is 1. The second-order valence-electron chi connectivity index (χ2n) is 2.89. The highest BCUT2D eigenvalue weighted by atomic mass is 35.5. The van der Waals surface area contributed by atoms with Crippen molar-refractivity contribution in [3.8, 4) is 6.19 Å². The van der Waals surface area contributed by atoms with Gasteiger partial charge in [0, 0.05) is 18.2 Å². The lowest BCUT2D eigenvalue weighted by atomic mass is 10.3. The minimum atomic E-state index is -2.09. The Bertz CT molecular complexity index is 347. The maximum Gasteiger partial charge on any atom is 0.187 e. The summed E-state index contributed by atoms with van der Waals surface area (Å²) in [4.78, 5) is 3.88. The molecule has 0 aliphatic heterocycles. The van der Waals surface area contributed by atoms with Crippen LogP contribution in [0.2, 0.25) is 5.15 Å². The van der Waals surface area contributed by atoms with Gasteiger partial charge in [-0.15, -0.1) is 0 Å². The molecule has 1 atom stereocenters. The van der Waals surface area contributed by atoms with Crippen molar-refractivity contribution >= 4 is 22.1 Å². The number of hydrogen-bond donors (Lipinski definition) is 2. The molecule has 2 N–H and O–H groups in total. The van der Waals surface area contributed by atoms with Crippen molar-refractivity contribution in [2.75, 3.05) is 6.26 Å². The summed E-state index contributed by atoms with van der Waals surface area (Å²) in [5.74, 6) is 0.380. The second-order valence-corrected chi connectivity index (χ2v) is 5.85. The van der Waals surface area contributed by atoms with Crippen molar-refractivity contribution < 1.29 is 4.55 Å². The van der Waals surface area contributed by atoms with Crippen LogP contribution in [0.4, 0.5) is 0 Å². The molecular formula is C8H10ClN3OS. The Hall–Kier alpha value is -0.960. The van der Waals surface area contributed by atoms with Gasteiger partial charge in [0.1, 0.15) is 5.15 Å². The van der Waals surface area contributed by atoms with E-state index in [-0.39, 0.29) is 0 Å². The third-order valence-corrected chi connectivity index (χ3v) is 3.15. The standard InChI is InChI=1S/C8H10ClN3OS/c1-14(13,12-6-10)5-7-2-3-8(9)11-4-7/h2-4,12-13H,5H2,1H3. The van der Waals surface area contributed by atoms with Crippen LogP contribution in [0.3, 0.4) is 0 Å². The van der Waals surface area contributed by atoms with E-state index in [4.69, 9.17) is 16.9 Å². The Labute approximate surface area is 89.2 Å². The van der Waals surface area contributed by atoms with Crippen LogP contribution in [0.5, 0.6) is 0 Å². The molecule has 1 rings (SSSR count). The predicted molar refractivity (Wildman–Crippen MR) is 57.8 cm³/mol. The Morgan fingerprint density at radius 2 is 2.43 bits per heavy atom. The van der Waals surface area contributed by atoms with Gasteiger partial charge in [-0.05, 0) is 11.6 Å². The van der Waals surface area contributed by atoms with E-state index < -0.39 is 10.5 Å². The first-order chi connectivity index (χ1) is 6.53. The number of rotatable bonds is 3. The minimum absolute atomic E-state index is 0.380. The Morgan fingerprint density at radius 3 is 2.93 bits per heavy atom. The highest BCUT2D eigenvalue weighted by Gasteiger charge is 2.13. The van der Waals surface area contributed by atoms with E-state index in [9.17, 15) is 4.55 Å². The molecule has 0 bridgehead atoms. The Kier molecular flexibility index (Phi) is 3.58. The van der Waals surface area contributed by atoms with Crippen molar-refractivity contribution in [2.24, 2.45) is 0 Å². The molecule has 1 unspecified atom stereocenters. The average molecular weight is 232 g/mol. The number of nitrogens with zero attached hydrogens (tertiary/aromatic N) is 2. The smallest absolute Gasteiger partial charge is 0.187 e. The zero-order valence-corrected chi connectivity index (χ0v) is 9.14. The summed E-state index contributed by atoms with van der Waals surface area (Å²) in [5.41, 5.74) is 0.845. The lowest BCUT2D eigenvalue weighted by Crippen LogP contribution is -2.15. The molecule has 0 saturated heterocycles. The molecule has 6 heteroatoms. The monoisotopic (exact) mass is 231 g/mol.